The number of unbranched alkanes of at least 4 members (excludes halogenated alkanes) is 2. The predicted octanol–water partition coefficient (Wildman–Crippen LogP) is 1.50. The first kappa shape index (κ1) is 15.4. The maximum absolute atomic E-state index is 11.0. The molecular formula is C10H15N5O2S3. The molecule has 0 aliphatic rings. The quantitative estimate of drug-likeness (QED) is 0.676. The first-order valence-corrected chi connectivity index (χ1v) is 9.81. The summed E-state index contributed by atoms with van der Waals surface area (Å²) in [5.74, 6) is 0.239. The van der Waals surface area contributed by atoms with Gasteiger partial charge in [0.2, 0.25) is 5.16 Å². The van der Waals surface area contributed by atoms with E-state index in [0.717, 1.165) is 17.2 Å². The fourth-order valence-electron chi connectivity index (χ4n) is 1.55. The number of thiazole rings is 1. The van der Waals surface area contributed by atoms with Crippen LogP contribution in [0.1, 0.15) is 19.3 Å². The number of aryl methyl sites for hydroxylation is 1. The van der Waals surface area contributed by atoms with E-state index in [-0.39, 0.29) is 5.75 Å². The van der Waals surface area contributed by atoms with E-state index in [1.54, 1.807) is 22.2 Å². The van der Waals surface area contributed by atoms with Gasteiger partial charge in [0.05, 0.1) is 0 Å². The van der Waals surface area contributed by atoms with Crippen molar-refractivity contribution in [1.29, 1.82) is 0 Å². The minimum absolute atomic E-state index is 0.239. The third kappa shape index (κ3) is 5.17. The molecule has 0 amide bonds. The van der Waals surface area contributed by atoms with Crippen molar-refractivity contribution in [3.05, 3.63) is 11.6 Å². The van der Waals surface area contributed by atoms with E-state index < -0.39 is 9.84 Å². The van der Waals surface area contributed by atoms with Crippen molar-refractivity contribution in [3.63, 3.8) is 0 Å². The molecule has 0 N–H and O–H groups in total. The fourth-order valence-corrected chi connectivity index (χ4v) is 3.80. The van der Waals surface area contributed by atoms with E-state index in [4.69, 9.17) is 0 Å². The van der Waals surface area contributed by atoms with Gasteiger partial charge < -0.3 is 0 Å². The number of sulfone groups is 1. The maximum atomic E-state index is 11.0. The molecule has 0 aliphatic carbocycles. The van der Waals surface area contributed by atoms with Crippen LogP contribution < -0.4 is 0 Å². The van der Waals surface area contributed by atoms with Gasteiger partial charge in [-0.25, -0.2) is 18.1 Å². The number of rotatable bonds is 8. The topological polar surface area (TPSA) is 90.6 Å². The molecule has 2 heterocycles. The second-order valence-corrected chi connectivity index (χ2v) is 8.64. The van der Waals surface area contributed by atoms with Gasteiger partial charge in [0, 0.05) is 30.1 Å². The van der Waals surface area contributed by atoms with E-state index in [1.165, 1.54) is 18.0 Å². The van der Waals surface area contributed by atoms with Crippen molar-refractivity contribution in [2.75, 3.05) is 12.0 Å². The van der Waals surface area contributed by atoms with Crippen molar-refractivity contribution in [3.8, 4) is 0 Å². The van der Waals surface area contributed by atoms with Gasteiger partial charge in [-0.3, -0.25) is 0 Å². The monoisotopic (exact) mass is 333 g/mol. The first-order chi connectivity index (χ1) is 9.54. The van der Waals surface area contributed by atoms with Crippen LogP contribution in [-0.2, 0) is 16.4 Å². The molecule has 0 aromatic carbocycles. The normalized spacial score (nSPS) is 11.8. The third-order valence-corrected chi connectivity index (χ3v) is 5.36. The van der Waals surface area contributed by atoms with Crippen LogP contribution in [0.15, 0.2) is 21.1 Å². The highest BCUT2D eigenvalue weighted by Crippen LogP contribution is 2.26. The smallest absolute Gasteiger partial charge is 0.216 e. The Morgan fingerprint density at radius 2 is 2.20 bits per heavy atom. The second-order valence-electron chi connectivity index (χ2n) is 4.28. The van der Waals surface area contributed by atoms with E-state index in [9.17, 15) is 8.42 Å². The number of hydrogen-bond acceptors (Lipinski definition) is 8. The summed E-state index contributed by atoms with van der Waals surface area (Å²) in [4.78, 5) is 4.17. The highest BCUT2D eigenvalue weighted by Gasteiger charge is 2.09. The zero-order valence-electron chi connectivity index (χ0n) is 11.0. The highest BCUT2D eigenvalue weighted by molar-refractivity contribution is 8.00. The van der Waals surface area contributed by atoms with Crippen LogP contribution in [0.5, 0.6) is 0 Å². The van der Waals surface area contributed by atoms with Crippen LogP contribution in [0.2, 0.25) is 0 Å². The Kier molecular flexibility index (Phi) is 5.49. The molecule has 2 aromatic heterocycles. The van der Waals surface area contributed by atoms with E-state index in [0.29, 0.717) is 18.1 Å². The van der Waals surface area contributed by atoms with Gasteiger partial charge in [-0.05, 0) is 35.0 Å². The Hall–Kier alpha value is -1.00. The number of tetrazole rings is 1. The molecule has 20 heavy (non-hydrogen) atoms. The number of aromatic nitrogens is 5. The number of nitrogens with zero attached hydrogens (tertiary/aromatic N) is 5. The SMILES string of the molecule is CS(=O)(=O)CCCCCn1nnnc1Sc1nccs1. The molecule has 0 unspecified atom stereocenters. The van der Waals surface area contributed by atoms with Gasteiger partial charge >= 0.3 is 0 Å². The molecule has 110 valence electrons. The molecule has 7 nitrogen and oxygen atoms in total. The van der Waals surface area contributed by atoms with Gasteiger partial charge in [0.25, 0.3) is 0 Å². The molecule has 0 bridgehead atoms. The van der Waals surface area contributed by atoms with Gasteiger partial charge in [0.15, 0.2) is 4.34 Å². The summed E-state index contributed by atoms with van der Waals surface area (Å²) in [5.41, 5.74) is 0. The molecule has 0 fully saturated rings. The Morgan fingerprint density at radius 1 is 1.35 bits per heavy atom. The molecule has 10 heteroatoms. The summed E-state index contributed by atoms with van der Waals surface area (Å²) >= 11 is 2.97. The Bertz CT molecular complexity index is 623. The van der Waals surface area contributed by atoms with E-state index in [1.807, 2.05) is 5.38 Å². The lowest BCUT2D eigenvalue weighted by molar-refractivity contribution is 0.505. The van der Waals surface area contributed by atoms with Crippen LogP contribution >= 0.6 is 23.1 Å². The van der Waals surface area contributed by atoms with Crippen molar-refractivity contribution in [1.82, 2.24) is 25.2 Å². The summed E-state index contributed by atoms with van der Waals surface area (Å²) in [7, 11) is -2.86. The standard InChI is InChI=1S/C10H15N5O2S3/c1-20(16,17)8-4-2-3-6-15-9(12-13-14-15)19-10-11-5-7-18-10/h5,7H,2-4,6,8H2,1H3. The molecule has 0 saturated carbocycles. The van der Waals surface area contributed by atoms with Gasteiger partial charge in [-0.15, -0.1) is 16.4 Å². The largest absolute Gasteiger partial charge is 0.238 e. The lowest BCUT2D eigenvalue weighted by Gasteiger charge is -2.03. The predicted molar refractivity (Wildman–Crippen MR) is 77.6 cm³/mol. The van der Waals surface area contributed by atoms with Gasteiger partial charge in [-0.2, -0.15) is 0 Å². The zero-order valence-corrected chi connectivity index (χ0v) is 13.4. The zero-order chi connectivity index (χ0) is 14.4. The summed E-state index contributed by atoms with van der Waals surface area (Å²) in [6, 6.07) is 0. The molecule has 0 aliphatic heterocycles. The molecule has 0 saturated heterocycles. The summed E-state index contributed by atoms with van der Waals surface area (Å²) in [6.07, 6.45) is 5.37. The molecule has 0 atom stereocenters. The maximum Gasteiger partial charge on any atom is 0.216 e. The summed E-state index contributed by atoms with van der Waals surface area (Å²) in [6.45, 7) is 0.685. The van der Waals surface area contributed by atoms with Gasteiger partial charge in [-0.1, -0.05) is 6.42 Å². The molecule has 2 rings (SSSR count). The first-order valence-electron chi connectivity index (χ1n) is 6.06. The minimum atomic E-state index is -2.86. The van der Waals surface area contributed by atoms with Crippen molar-refractivity contribution in [2.45, 2.75) is 35.3 Å². The summed E-state index contributed by atoms with van der Waals surface area (Å²) in [5, 5.41) is 14.2. The molecular weight excluding hydrogens is 318 g/mol. The highest BCUT2D eigenvalue weighted by atomic mass is 32.2. The average molecular weight is 333 g/mol. The second kappa shape index (κ2) is 7.14. The van der Waals surface area contributed by atoms with Crippen molar-refractivity contribution >= 4 is 32.9 Å². The average Bonchev–Trinajstić information content (AvgIpc) is 3.00. The van der Waals surface area contributed by atoms with Crippen LogP contribution in [0.3, 0.4) is 0 Å². The Labute approximate surface area is 125 Å². The molecule has 0 radical (unpaired) electrons. The van der Waals surface area contributed by atoms with Gasteiger partial charge in [0.1, 0.15) is 9.84 Å². The van der Waals surface area contributed by atoms with Crippen LogP contribution in [0, 0.1) is 0 Å². The molecule has 0 spiro atoms. The van der Waals surface area contributed by atoms with E-state index >= 15 is 0 Å². The minimum Gasteiger partial charge on any atom is -0.238 e. The number of hydrogen-bond donors (Lipinski definition) is 0. The Morgan fingerprint density at radius 3 is 2.90 bits per heavy atom. The summed E-state index contributed by atoms with van der Waals surface area (Å²) < 4.78 is 24.6. The fraction of sp³-hybridized carbons (Fsp3) is 0.600. The van der Waals surface area contributed by atoms with Crippen molar-refractivity contribution < 1.29 is 8.42 Å². The van der Waals surface area contributed by atoms with Crippen LogP contribution in [0.25, 0.3) is 0 Å². The molecule has 2 aromatic rings. The lowest BCUT2D eigenvalue weighted by Crippen LogP contribution is -2.05. The Balaban J connectivity index is 1.78. The van der Waals surface area contributed by atoms with Crippen LogP contribution in [0.4, 0.5) is 0 Å². The third-order valence-electron chi connectivity index (χ3n) is 2.47. The van der Waals surface area contributed by atoms with E-state index in [2.05, 4.69) is 20.5 Å². The van der Waals surface area contributed by atoms with Crippen molar-refractivity contribution in [2.24, 2.45) is 0 Å². The lowest BCUT2D eigenvalue weighted by atomic mass is 10.2. The van der Waals surface area contributed by atoms with Crippen LogP contribution in [-0.4, -0.2) is 45.6 Å².